The number of benzene rings is 1. The van der Waals surface area contributed by atoms with Crippen molar-refractivity contribution in [3.05, 3.63) is 34.2 Å². The number of hydrogen-bond acceptors (Lipinski definition) is 8. The van der Waals surface area contributed by atoms with E-state index in [1.807, 2.05) is 0 Å². The second kappa shape index (κ2) is 13.6. The molecule has 2 aromatic rings. The van der Waals surface area contributed by atoms with Crippen LogP contribution in [0.5, 0.6) is 0 Å². The first-order chi connectivity index (χ1) is 21.7. The van der Waals surface area contributed by atoms with E-state index < -0.39 is 33.9 Å². The number of fused-ring (bicyclic) bond motifs is 1. The predicted molar refractivity (Wildman–Crippen MR) is 169 cm³/mol. The fraction of sp³-hybridized carbons (Fsp3) is 0.613. The van der Waals surface area contributed by atoms with Crippen LogP contribution in [0.1, 0.15) is 70.9 Å². The van der Waals surface area contributed by atoms with E-state index in [9.17, 15) is 27.6 Å². The molecule has 1 aromatic heterocycles. The molecule has 250 valence electrons. The van der Waals surface area contributed by atoms with E-state index in [1.165, 1.54) is 17.7 Å². The number of ether oxygens (including phenoxy) is 2. The number of imide groups is 1. The summed E-state index contributed by atoms with van der Waals surface area (Å²) in [6, 6.07) is 4.41. The number of imidazole rings is 1. The van der Waals surface area contributed by atoms with E-state index in [0.29, 0.717) is 68.5 Å². The molecule has 46 heavy (non-hydrogen) atoms. The van der Waals surface area contributed by atoms with Crippen LogP contribution in [0.3, 0.4) is 0 Å². The van der Waals surface area contributed by atoms with Crippen molar-refractivity contribution in [1.82, 2.24) is 28.4 Å². The Morgan fingerprint density at radius 2 is 1.67 bits per heavy atom. The minimum atomic E-state index is -3.62. The van der Waals surface area contributed by atoms with Crippen molar-refractivity contribution in [2.24, 2.45) is 7.05 Å². The number of nitrogens with one attached hydrogen (secondary N) is 2. The Morgan fingerprint density at radius 1 is 1.02 bits per heavy atom. The minimum absolute atomic E-state index is 0.133. The van der Waals surface area contributed by atoms with Gasteiger partial charge in [-0.3, -0.25) is 24.0 Å². The summed E-state index contributed by atoms with van der Waals surface area (Å²) < 4.78 is 43.7. The highest BCUT2D eigenvalue weighted by molar-refractivity contribution is 7.86. The predicted octanol–water partition coefficient (Wildman–Crippen LogP) is 1.38. The summed E-state index contributed by atoms with van der Waals surface area (Å²) in [5.41, 5.74) is 0.802. The van der Waals surface area contributed by atoms with Crippen molar-refractivity contribution < 1.29 is 32.3 Å². The van der Waals surface area contributed by atoms with Gasteiger partial charge < -0.3 is 14.8 Å². The zero-order valence-corrected chi connectivity index (χ0v) is 27.5. The highest BCUT2D eigenvalue weighted by Gasteiger charge is 2.36. The van der Waals surface area contributed by atoms with Gasteiger partial charge in [-0.1, -0.05) is 17.9 Å². The topological polar surface area (TPSA) is 161 Å². The third-order valence-electron chi connectivity index (χ3n) is 8.47. The molecule has 0 radical (unpaired) electrons. The molecule has 3 amide bonds. The molecular formula is C31H42N6O8S. The second-order valence-electron chi connectivity index (χ2n) is 12.9. The van der Waals surface area contributed by atoms with Crippen molar-refractivity contribution in [3.63, 3.8) is 0 Å². The average molecular weight is 659 g/mol. The number of amides is 3. The van der Waals surface area contributed by atoms with E-state index in [-0.39, 0.29) is 43.2 Å². The van der Waals surface area contributed by atoms with Gasteiger partial charge in [-0.2, -0.15) is 17.0 Å². The van der Waals surface area contributed by atoms with Crippen molar-refractivity contribution in [2.75, 3.05) is 32.8 Å². The minimum Gasteiger partial charge on any atom is -0.444 e. The quantitative estimate of drug-likeness (QED) is 0.348. The second-order valence-corrected chi connectivity index (χ2v) is 14.8. The van der Waals surface area contributed by atoms with Gasteiger partial charge in [0.1, 0.15) is 18.2 Å². The molecule has 15 heteroatoms. The lowest BCUT2D eigenvalue weighted by molar-refractivity contribution is -0.135. The molecule has 2 N–H and O–H groups in total. The number of piperidine rings is 3. The molecule has 1 aromatic carbocycles. The molecule has 3 saturated heterocycles. The number of carbonyl (C=O) groups is 3. The number of para-hydroxylation sites is 1. The van der Waals surface area contributed by atoms with Crippen molar-refractivity contribution >= 4 is 39.2 Å². The number of rotatable bonds is 6. The molecule has 4 heterocycles. The molecule has 5 rings (SSSR count). The van der Waals surface area contributed by atoms with Gasteiger partial charge >= 0.3 is 11.8 Å². The number of aryl methyl sites for hydroxylation is 1. The van der Waals surface area contributed by atoms with Crippen LogP contribution in [0.25, 0.3) is 11.0 Å². The first kappa shape index (κ1) is 33.6. The highest BCUT2D eigenvalue weighted by Crippen LogP contribution is 2.25. The maximum Gasteiger partial charge on any atom is 0.407 e. The fourth-order valence-electron chi connectivity index (χ4n) is 6.16. The Morgan fingerprint density at radius 3 is 2.30 bits per heavy atom. The molecule has 0 bridgehead atoms. The van der Waals surface area contributed by atoms with Gasteiger partial charge in [0.15, 0.2) is 0 Å². The maximum absolute atomic E-state index is 13.3. The zero-order chi connectivity index (χ0) is 33.2. The van der Waals surface area contributed by atoms with Crippen LogP contribution in [-0.2, 0) is 36.3 Å². The molecule has 0 saturated carbocycles. The molecular weight excluding hydrogens is 616 g/mol. The molecule has 0 spiro atoms. The van der Waals surface area contributed by atoms with Crippen molar-refractivity contribution in [1.29, 1.82) is 0 Å². The Hall–Kier alpha value is -3.71. The summed E-state index contributed by atoms with van der Waals surface area (Å²) in [5.74, 6) is 5.26. The lowest BCUT2D eigenvalue weighted by Crippen LogP contribution is -2.53. The van der Waals surface area contributed by atoms with E-state index in [0.717, 1.165) is 0 Å². The van der Waals surface area contributed by atoms with Gasteiger partial charge in [0.05, 0.1) is 22.7 Å². The maximum atomic E-state index is 13.3. The van der Waals surface area contributed by atoms with Crippen LogP contribution in [0.4, 0.5) is 4.79 Å². The summed E-state index contributed by atoms with van der Waals surface area (Å²) in [4.78, 5) is 49.3. The Bertz CT molecular complexity index is 1710. The number of nitrogens with zero attached hydrogens (tertiary/aromatic N) is 4. The average Bonchev–Trinajstić information content (AvgIpc) is 3.24. The van der Waals surface area contributed by atoms with Crippen LogP contribution in [-0.4, -0.2) is 94.6 Å². The Labute approximate surface area is 268 Å². The summed E-state index contributed by atoms with van der Waals surface area (Å²) in [7, 11) is -2.00. The molecule has 3 aliphatic heterocycles. The molecule has 1 atom stereocenters. The number of hydrogen-bond donors (Lipinski definition) is 2. The largest absolute Gasteiger partial charge is 0.444 e. The summed E-state index contributed by atoms with van der Waals surface area (Å²) in [6.07, 6.45) is 1.88. The monoisotopic (exact) mass is 658 g/mol. The van der Waals surface area contributed by atoms with E-state index >= 15 is 0 Å². The third kappa shape index (κ3) is 7.46. The van der Waals surface area contributed by atoms with Crippen LogP contribution < -0.4 is 16.3 Å². The lowest BCUT2D eigenvalue weighted by atomic mass is 10.1. The van der Waals surface area contributed by atoms with E-state index in [1.54, 1.807) is 46.0 Å². The Kier molecular flexibility index (Phi) is 9.92. The summed E-state index contributed by atoms with van der Waals surface area (Å²) >= 11 is 0. The standard InChI is InChI=1S/C31H42N6O8S/c1-31(2,3)45-29(40)32-22-12-16-35(17-13-22)46(42,43)36-18-14-23(15-19-36)44-20-6-8-21-7-5-9-24-27(21)34(4)30(41)37(24)25-10-11-26(38)33-28(25)39/h5,7,9,22-23,25H,10-20H2,1-4H3,(H,32,40)(H,33,38,39). The normalized spacial score (nSPS) is 21.1. The van der Waals surface area contributed by atoms with Crippen LogP contribution in [0, 0.1) is 11.8 Å². The van der Waals surface area contributed by atoms with Gasteiger partial charge in [0.2, 0.25) is 11.8 Å². The molecule has 0 aliphatic carbocycles. The Balaban J connectivity index is 1.12. The van der Waals surface area contributed by atoms with Gasteiger partial charge in [-0.05, 0) is 65.0 Å². The smallest absolute Gasteiger partial charge is 0.407 e. The molecule has 3 aliphatic rings. The molecule has 14 nitrogen and oxygen atoms in total. The highest BCUT2D eigenvalue weighted by atomic mass is 32.2. The van der Waals surface area contributed by atoms with Crippen LogP contribution in [0.2, 0.25) is 0 Å². The van der Waals surface area contributed by atoms with E-state index in [2.05, 4.69) is 22.5 Å². The van der Waals surface area contributed by atoms with E-state index in [4.69, 9.17) is 9.47 Å². The number of alkyl carbamates (subject to hydrolysis) is 1. The number of carbonyl (C=O) groups excluding carboxylic acids is 3. The summed E-state index contributed by atoms with van der Waals surface area (Å²) in [6.45, 7) is 6.84. The van der Waals surface area contributed by atoms with Gasteiger partial charge in [-0.15, -0.1) is 0 Å². The lowest BCUT2D eigenvalue weighted by Gasteiger charge is -2.37. The molecule has 1 unspecified atom stereocenters. The van der Waals surface area contributed by atoms with Gasteiger partial charge in [0.25, 0.3) is 10.2 Å². The first-order valence-electron chi connectivity index (χ1n) is 15.6. The fourth-order valence-corrected chi connectivity index (χ4v) is 7.83. The van der Waals surface area contributed by atoms with Crippen molar-refractivity contribution in [2.45, 2.75) is 83.1 Å². The first-order valence-corrected chi connectivity index (χ1v) is 17.0. The third-order valence-corrected chi connectivity index (χ3v) is 10.5. The van der Waals surface area contributed by atoms with Crippen molar-refractivity contribution in [3.8, 4) is 11.8 Å². The van der Waals surface area contributed by atoms with Gasteiger partial charge in [-0.25, -0.2) is 9.59 Å². The van der Waals surface area contributed by atoms with Crippen LogP contribution >= 0.6 is 0 Å². The molecule has 3 fully saturated rings. The SMILES string of the molecule is Cn1c(=O)n(C2CCC(=O)NC2=O)c2cccc(C#CCOC3CCN(S(=O)(=O)N4CCC(NC(=O)OC(C)(C)C)CC4)CC3)c21. The number of aromatic nitrogens is 2. The zero-order valence-electron chi connectivity index (χ0n) is 26.7. The summed E-state index contributed by atoms with van der Waals surface area (Å²) in [5, 5.41) is 5.14. The van der Waals surface area contributed by atoms with Crippen LogP contribution in [0.15, 0.2) is 23.0 Å². The van der Waals surface area contributed by atoms with Gasteiger partial charge in [0, 0.05) is 45.7 Å².